The molecule has 1 atom stereocenters. The molecule has 1 saturated heterocycles. The molecule has 0 bridgehead atoms. The highest BCUT2D eigenvalue weighted by molar-refractivity contribution is 7.88. The van der Waals surface area contributed by atoms with Crippen molar-refractivity contribution in [3.63, 3.8) is 0 Å². The van der Waals surface area contributed by atoms with Crippen LogP contribution in [0.5, 0.6) is 5.75 Å². The van der Waals surface area contributed by atoms with E-state index in [4.69, 9.17) is 9.47 Å². The Kier molecular flexibility index (Phi) is 7.22. The lowest BCUT2D eigenvalue weighted by atomic mass is 10.1. The van der Waals surface area contributed by atoms with Gasteiger partial charge >= 0.3 is 0 Å². The van der Waals surface area contributed by atoms with Gasteiger partial charge in [0.25, 0.3) is 0 Å². The van der Waals surface area contributed by atoms with Crippen molar-refractivity contribution in [3.8, 4) is 5.75 Å². The first kappa shape index (κ1) is 19.7. The number of nitrogens with one attached hydrogen (secondary N) is 1. The fourth-order valence-electron chi connectivity index (χ4n) is 2.80. The van der Waals surface area contributed by atoms with Crippen molar-refractivity contribution in [2.45, 2.75) is 25.4 Å². The molecule has 1 aromatic rings. The van der Waals surface area contributed by atoms with Gasteiger partial charge in [-0.1, -0.05) is 18.2 Å². The van der Waals surface area contributed by atoms with E-state index in [2.05, 4.69) is 5.32 Å². The number of para-hydroxylation sites is 1. The molecular weight excluding hydrogens is 344 g/mol. The fourth-order valence-corrected chi connectivity index (χ4v) is 3.65. The summed E-state index contributed by atoms with van der Waals surface area (Å²) in [5, 5.41) is 2.75. The Balaban J connectivity index is 1.87. The van der Waals surface area contributed by atoms with E-state index >= 15 is 0 Å². The van der Waals surface area contributed by atoms with E-state index in [1.165, 1.54) is 10.6 Å². The predicted octanol–water partition coefficient (Wildman–Crippen LogP) is 0.794. The molecular formula is C17H26N2O5S. The van der Waals surface area contributed by atoms with Crippen LogP contribution in [0.15, 0.2) is 24.3 Å². The number of methoxy groups -OCH3 is 1. The summed E-state index contributed by atoms with van der Waals surface area (Å²) in [6.45, 7) is 1.42. The van der Waals surface area contributed by atoms with Crippen LogP contribution in [0.3, 0.4) is 0 Å². The SMILES string of the molecule is COc1ccccc1CCN(CCNC(=O)C1CCCO1)S(C)(=O)=O. The zero-order valence-corrected chi connectivity index (χ0v) is 15.5. The van der Waals surface area contributed by atoms with Crippen LogP contribution < -0.4 is 10.1 Å². The minimum absolute atomic E-state index is 0.171. The Morgan fingerprint density at radius 2 is 2.12 bits per heavy atom. The van der Waals surface area contributed by atoms with E-state index in [-0.39, 0.29) is 19.0 Å². The van der Waals surface area contributed by atoms with E-state index in [1.54, 1.807) is 7.11 Å². The molecule has 7 nitrogen and oxygen atoms in total. The monoisotopic (exact) mass is 370 g/mol. The molecule has 0 radical (unpaired) electrons. The highest BCUT2D eigenvalue weighted by Crippen LogP contribution is 2.18. The average molecular weight is 370 g/mol. The average Bonchev–Trinajstić information content (AvgIpc) is 3.11. The largest absolute Gasteiger partial charge is 0.496 e. The third kappa shape index (κ3) is 5.98. The lowest BCUT2D eigenvalue weighted by Crippen LogP contribution is -2.41. The Morgan fingerprint density at radius 1 is 1.36 bits per heavy atom. The van der Waals surface area contributed by atoms with Gasteiger partial charge in [-0.3, -0.25) is 4.79 Å². The number of amides is 1. The highest BCUT2D eigenvalue weighted by Gasteiger charge is 2.24. The molecule has 0 saturated carbocycles. The van der Waals surface area contributed by atoms with Crippen molar-refractivity contribution in [2.24, 2.45) is 0 Å². The topological polar surface area (TPSA) is 84.9 Å². The van der Waals surface area contributed by atoms with Crippen LogP contribution in [-0.2, 0) is 26.0 Å². The van der Waals surface area contributed by atoms with E-state index in [0.29, 0.717) is 19.6 Å². The zero-order valence-electron chi connectivity index (χ0n) is 14.7. The molecule has 0 spiro atoms. The molecule has 8 heteroatoms. The number of hydrogen-bond donors (Lipinski definition) is 1. The summed E-state index contributed by atoms with van der Waals surface area (Å²) in [6.07, 6.45) is 2.91. The minimum Gasteiger partial charge on any atom is -0.496 e. The van der Waals surface area contributed by atoms with Crippen molar-refractivity contribution < 1.29 is 22.7 Å². The van der Waals surface area contributed by atoms with Gasteiger partial charge in [-0.15, -0.1) is 0 Å². The molecule has 140 valence electrons. The van der Waals surface area contributed by atoms with Crippen molar-refractivity contribution in [1.82, 2.24) is 9.62 Å². The van der Waals surface area contributed by atoms with E-state index in [9.17, 15) is 13.2 Å². The fraction of sp³-hybridized carbons (Fsp3) is 0.588. The number of nitrogens with zero attached hydrogens (tertiary/aromatic N) is 1. The number of rotatable bonds is 9. The summed E-state index contributed by atoms with van der Waals surface area (Å²) < 4.78 is 36.0. The van der Waals surface area contributed by atoms with Crippen LogP contribution >= 0.6 is 0 Å². The van der Waals surface area contributed by atoms with Crippen LogP contribution in [0.2, 0.25) is 0 Å². The molecule has 1 aliphatic rings. The molecule has 0 aliphatic carbocycles. The van der Waals surface area contributed by atoms with E-state index in [0.717, 1.165) is 24.2 Å². The van der Waals surface area contributed by atoms with Crippen molar-refractivity contribution in [3.05, 3.63) is 29.8 Å². The first-order chi connectivity index (χ1) is 11.9. The summed E-state index contributed by atoms with van der Waals surface area (Å²) in [6, 6.07) is 7.53. The third-order valence-electron chi connectivity index (χ3n) is 4.17. The summed E-state index contributed by atoms with van der Waals surface area (Å²) >= 11 is 0. The third-order valence-corrected chi connectivity index (χ3v) is 5.48. The first-order valence-electron chi connectivity index (χ1n) is 8.38. The molecule has 1 N–H and O–H groups in total. The van der Waals surface area contributed by atoms with Gasteiger partial charge in [-0.25, -0.2) is 12.7 Å². The second-order valence-electron chi connectivity index (χ2n) is 6.02. The molecule has 25 heavy (non-hydrogen) atoms. The second kappa shape index (κ2) is 9.17. The number of sulfonamides is 1. The van der Waals surface area contributed by atoms with Crippen LogP contribution in [-0.4, -0.2) is 64.3 Å². The molecule has 1 fully saturated rings. The van der Waals surface area contributed by atoms with Crippen LogP contribution in [0, 0.1) is 0 Å². The smallest absolute Gasteiger partial charge is 0.249 e. The number of hydrogen-bond acceptors (Lipinski definition) is 5. The predicted molar refractivity (Wildman–Crippen MR) is 95.1 cm³/mol. The summed E-state index contributed by atoms with van der Waals surface area (Å²) in [7, 11) is -1.77. The normalized spacial score (nSPS) is 17.6. The molecule has 1 aromatic carbocycles. The summed E-state index contributed by atoms with van der Waals surface area (Å²) in [5.41, 5.74) is 0.946. The van der Waals surface area contributed by atoms with Crippen molar-refractivity contribution in [1.29, 1.82) is 0 Å². The summed E-state index contributed by atoms with van der Waals surface area (Å²) in [4.78, 5) is 11.9. The number of carbonyl (C=O) groups is 1. The lowest BCUT2D eigenvalue weighted by Gasteiger charge is -2.21. The minimum atomic E-state index is -3.36. The maximum Gasteiger partial charge on any atom is 0.249 e. The first-order valence-corrected chi connectivity index (χ1v) is 10.2. The van der Waals surface area contributed by atoms with Gasteiger partial charge < -0.3 is 14.8 Å². The van der Waals surface area contributed by atoms with Crippen LogP contribution in [0.25, 0.3) is 0 Å². The molecule has 0 aromatic heterocycles. The van der Waals surface area contributed by atoms with Gasteiger partial charge in [0, 0.05) is 26.2 Å². The Bertz CT molecular complexity index is 671. The van der Waals surface area contributed by atoms with Gasteiger partial charge in [-0.2, -0.15) is 0 Å². The van der Waals surface area contributed by atoms with Gasteiger partial charge in [0.15, 0.2) is 0 Å². The van der Waals surface area contributed by atoms with E-state index < -0.39 is 16.1 Å². The quantitative estimate of drug-likeness (QED) is 0.695. The van der Waals surface area contributed by atoms with Gasteiger partial charge in [0.05, 0.1) is 13.4 Å². The molecule has 1 aliphatic heterocycles. The maximum atomic E-state index is 12.0. The van der Waals surface area contributed by atoms with Crippen LogP contribution in [0.4, 0.5) is 0 Å². The molecule has 2 rings (SSSR count). The van der Waals surface area contributed by atoms with Gasteiger partial charge in [0.2, 0.25) is 15.9 Å². The zero-order chi connectivity index (χ0) is 18.3. The van der Waals surface area contributed by atoms with Gasteiger partial charge in [-0.05, 0) is 30.9 Å². The Labute approximate surface area is 149 Å². The van der Waals surface area contributed by atoms with Crippen molar-refractivity contribution >= 4 is 15.9 Å². The molecule has 1 amide bonds. The highest BCUT2D eigenvalue weighted by atomic mass is 32.2. The molecule has 1 unspecified atom stereocenters. The van der Waals surface area contributed by atoms with Crippen LogP contribution in [0.1, 0.15) is 18.4 Å². The number of ether oxygens (including phenoxy) is 2. The number of carbonyl (C=O) groups excluding carboxylic acids is 1. The Hall–Kier alpha value is -1.64. The maximum absolute atomic E-state index is 12.0. The van der Waals surface area contributed by atoms with Gasteiger partial charge in [0.1, 0.15) is 11.9 Å². The standard InChI is InChI=1S/C17H26N2O5S/c1-23-15-7-4-3-6-14(15)9-11-19(25(2,21)22)12-10-18-17(20)16-8-5-13-24-16/h3-4,6-7,16H,5,8-13H2,1-2H3,(H,18,20). The van der Waals surface area contributed by atoms with E-state index in [1.807, 2.05) is 24.3 Å². The molecule has 1 heterocycles. The number of benzene rings is 1. The van der Waals surface area contributed by atoms with Crippen molar-refractivity contribution in [2.75, 3.05) is 39.6 Å². The summed E-state index contributed by atoms with van der Waals surface area (Å²) in [5.74, 6) is 0.568. The second-order valence-corrected chi connectivity index (χ2v) is 8.00. The lowest BCUT2D eigenvalue weighted by molar-refractivity contribution is -0.130. The Morgan fingerprint density at radius 3 is 2.76 bits per heavy atom.